The molecule has 96 valence electrons. The van der Waals surface area contributed by atoms with Crippen LogP contribution in [0.25, 0.3) is 0 Å². The molecule has 0 saturated heterocycles. The molecule has 0 bridgehead atoms. The van der Waals surface area contributed by atoms with Gasteiger partial charge in [0.25, 0.3) is 11.9 Å². The smallest absolute Gasteiger partial charge is 0.296 e. The summed E-state index contributed by atoms with van der Waals surface area (Å²) in [6, 6.07) is 10.4. The monoisotopic (exact) mass is 266 g/mol. The maximum Gasteiger partial charge on any atom is 0.296 e. The van der Waals surface area contributed by atoms with Crippen LogP contribution < -0.4 is 0 Å². The summed E-state index contributed by atoms with van der Waals surface area (Å²) in [6.07, 6.45) is 1.75. The number of amidine groups is 1. The number of carbonyl (C=O) groups excluding carboxylic acids is 1. The predicted molar refractivity (Wildman–Crippen MR) is 70.7 cm³/mol. The molecule has 5 heteroatoms. The van der Waals surface area contributed by atoms with Crippen LogP contribution in [0.15, 0.2) is 35.3 Å². The van der Waals surface area contributed by atoms with E-state index in [0.717, 1.165) is 18.4 Å². The molecule has 1 saturated carbocycles. The molecule has 1 heterocycles. The molecular formula is C13H15ClN2O2. The van der Waals surface area contributed by atoms with E-state index in [4.69, 9.17) is 4.74 Å². The Hall–Kier alpha value is -1.55. The summed E-state index contributed by atoms with van der Waals surface area (Å²) >= 11 is 0. The van der Waals surface area contributed by atoms with E-state index in [2.05, 4.69) is 4.99 Å². The van der Waals surface area contributed by atoms with Gasteiger partial charge in [0.2, 0.25) is 6.10 Å². The van der Waals surface area contributed by atoms with Crippen LogP contribution in [0.1, 0.15) is 24.5 Å². The molecule has 1 aromatic rings. The van der Waals surface area contributed by atoms with Gasteiger partial charge >= 0.3 is 0 Å². The van der Waals surface area contributed by atoms with Gasteiger partial charge in [0.05, 0.1) is 0 Å². The van der Waals surface area contributed by atoms with Crippen molar-refractivity contribution in [3.8, 4) is 0 Å². The van der Waals surface area contributed by atoms with Crippen molar-refractivity contribution >= 4 is 24.3 Å². The molecule has 0 N–H and O–H groups in total. The highest BCUT2D eigenvalue weighted by Crippen LogP contribution is 2.30. The zero-order valence-corrected chi connectivity index (χ0v) is 10.9. The topological polar surface area (TPSA) is 41.9 Å². The van der Waals surface area contributed by atoms with Crippen LogP contribution in [0.2, 0.25) is 0 Å². The number of benzene rings is 1. The Kier molecular flexibility index (Phi) is 3.57. The van der Waals surface area contributed by atoms with Gasteiger partial charge in [-0.15, -0.1) is 12.4 Å². The lowest BCUT2D eigenvalue weighted by molar-refractivity contribution is -0.122. The molecule has 18 heavy (non-hydrogen) atoms. The zero-order valence-electron chi connectivity index (χ0n) is 10.1. The van der Waals surface area contributed by atoms with Gasteiger partial charge in [-0.3, -0.25) is 4.79 Å². The molecular weight excluding hydrogens is 252 g/mol. The number of ether oxygens (including phenoxy) is 1. The molecule has 1 amide bonds. The largest absolute Gasteiger partial charge is 0.446 e. The van der Waals surface area contributed by atoms with Crippen molar-refractivity contribution in [1.82, 2.24) is 4.90 Å². The second-order valence-corrected chi connectivity index (χ2v) is 4.48. The fourth-order valence-electron chi connectivity index (χ4n) is 1.95. The number of rotatable bonds is 2. The third-order valence-electron chi connectivity index (χ3n) is 3.15. The number of aliphatic imine (C=N–C) groups is 1. The molecule has 1 aliphatic carbocycles. The van der Waals surface area contributed by atoms with E-state index in [1.165, 1.54) is 0 Å². The van der Waals surface area contributed by atoms with Crippen molar-refractivity contribution in [2.45, 2.75) is 25.0 Å². The molecule has 1 aliphatic heterocycles. The molecule has 0 aromatic heterocycles. The molecule has 1 atom stereocenters. The lowest BCUT2D eigenvalue weighted by atomic mass is 10.1. The number of hydrogen-bond donors (Lipinski definition) is 0. The van der Waals surface area contributed by atoms with Crippen molar-refractivity contribution in [3.05, 3.63) is 35.9 Å². The SMILES string of the molecule is CN(C1=NC(=O)C(c2ccccc2)O1)C1CC1.Cl. The van der Waals surface area contributed by atoms with Crippen LogP contribution in [0.4, 0.5) is 0 Å². The lowest BCUT2D eigenvalue weighted by Crippen LogP contribution is -2.29. The van der Waals surface area contributed by atoms with Crippen molar-refractivity contribution in [1.29, 1.82) is 0 Å². The first-order valence-corrected chi connectivity index (χ1v) is 5.82. The van der Waals surface area contributed by atoms with Crippen LogP contribution >= 0.6 is 12.4 Å². The molecule has 1 fully saturated rings. The Labute approximate surface area is 112 Å². The van der Waals surface area contributed by atoms with Crippen LogP contribution in [0.5, 0.6) is 0 Å². The maximum absolute atomic E-state index is 11.8. The molecule has 2 aliphatic rings. The van der Waals surface area contributed by atoms with E-state index < -0.39 is 6.10 Å². The van der Waals surface area contributed by atoms with E-state index in [1.54, 1.807) is 0 Å². The average Bonchev–Trinajstić information content (AvgIpc) is 3.13. The van der Waals surface area contributed by atoms with E-state index >= 15 is 0 Å². The van der Waals surface area contributed by atoms with E-state index in [9.17, 15) is 4.79 Å². The molecule has 0 spiro atoms. The highest BCUT2D eigenvalue weighted by molar-refractivity contribution is 5.99. The number of hydrogen-bond acceptors (Lipinski definition) is 3. The second-order valence-electron chi connectivity index (χ2n) is 4.48. The van der Waals surface area contributed by atoms with Gasteiger partial charge in [-0.05, 0) is 12.8 Å². The van der Waals surface area contributed by atoms with Gasteiger partial charge in [0.15, 0.2) is 0 Å². The minimum Gasteiger partial charge on any atom is -0.446 e. The molecule has 0 radical (unpaired) electrons. The Bertz CT molecular complexity index is 471. The second kappa shape index (κ2) is 4.98. The molecule has 4 nitrogen and oxygen atoms in total. The Morgan fingerprint density at radius 1 is 1.28 bits per heavy atom. The van der Waals surface area contributed by atoms with Crippen LogP contribution in [-0.2, 0) is 9.53 Å². The maximum atomic E-state index is 11.8. The highest BCUT2D eigenvalue weighted by atomic mass is 35.5. The van der Waals surface area contributed by atoms with E-state index in [1.807, 2.05) is 42.3 Å². The molecule has 3 rings (SSSR count). The Morgan fingerprint density at radius 3 is 2.56 bits per heavy atom. The van der Waals surface area contributed by atoms with Crippen LogP contribution in [0.3, 0.4) is 0 Å². The van der Waals surface area contributed by atoms with Crippen molar-refractivity contribution in [2.75, 3.05) is 7.05 Å². The minimum atomic E-state index is -0.563. The van der Waals surface area contributed by atoms with E-state index in [0.29, 0.717) is 12.1 Å². The Balaban J connectivity index is 0.00000120. The standard InChI is InChI=1S/C13H14N2O2.ClH/c1-15(10-7-8-10)13-14-12(16)11(17-13)9-5-3-2-4-6-9;/h2-6,10-11H,7-8H2,1H3;1H. The average molecular weight is 267 g/mol. The van der Waals surface area contributed by atoms with Crippen LogP contribution in [-0.4, -0.2) is 29.9 Å². The van der Waals surface area contributed by atoms with Gasteiger partial charge in [-0.25, -0.2) is 0 Å². The van der Waals surface area contributed by atoms with Crippen LogP contribution in [0, 0.1) is 0 Å². The summed E-state index contributed by atoms with van der Waals surface area (Å²) < 4.78 is 5.65. The summed E-state index contributed by atoms with van der Waals surface area (Å²) in [5.41, 5.74) is 0.862. The van der Waals surface area contributed by atoms with Gasteiger partial charge in [0.1, 0.15) is 0 Å². The van der Waals surface area contributed by atoms with Crippen molar-refractivity contribution in [3.63, 3.8) is 0 Å². The molecule has 1 aromatic carbocycles. The summed E-state index contributed by atoms with van der Waals surface area (Å²) in [4.78, 5) is 17.7. The fourth-order valence-corrected chi connectivity index (χ4v) is 1.95. The van der Waals surface area contributed by atoms with Crippen molar-refractivity contribution in [2.24, 2.45) is 4.99 Å². The third-order valence-corrected chi connectivity index (χ3v) is 3.15. The van der Waals surface area contributed by atoms with Gasteiger partial charge in [-0.2, -0.15) is 4.99 Å². The van der Waals surface area contributed by atoms with Gasteiger partial charge in [-0.1, -0.05) is 30.3 Å². The Morgan fingerprint density at radius 2 is 1.94 bits per heavy atom. The number of amides is 1. The first-order valence-electron chi connectivity index (χ1n) is 5.82. The van der Waals surface area contributed by atoms with Crippen molar-refractivity contribution < 1.29 is 9.53 Å². The highest BCUT2D eigenvalue weighted by Gasteiger charge is 2.37. The number of carbonyl (C=O) groups is 1. The zero-order chi connectivity index (χ0) is 11.8. The molecule has 1 unspecified atom stereocenters. The number of halogens is 1. The normalized spacial score (nSPS) is 21.9. The van der Waals surface area contributed by atoms with Gasteiger partial charge < -0.3 is 9.64 Å². The first-order chi connectivity index (χ1) is 8.25. The van der Waals surface area contributed by atoms with Gasteiger partial charge in [0, 0.05) is 18.7 Å². The van der Waals surface area contributed by atoms with E-state index in [-0.39, 0.29) is 18.3 Å². The minimum absolute atomic E-state index is 0. The fraction of sp³-hybridized carbons (Fsp3) is 0.385. The lowest BCUT2D eigenvalue weighted by Gasteiger charge is -2.18. The third kappa shape index (κ3) is 2.34. The first kappa shape index (κ1) is 12.9. The summed E-state index contributed by atoms with van der Waals surface area (Å²) in [5, 5.41) is 0. The summed E-state index contributed by atoms with van der Waals surface area (Å²) in [7, 11) is 1.93. The summed E-state index contributed by atoms with van der Waals surface area (Å²) in [6.45, 7) is 0. The number of nitrogens with zero attached hydrogens (tertiary/aromatic N) is 2. The summed E-state index contributed by atoms with van der Waals surface area (Å²) in [5.74, 6) is -0.210. The quantitative estimate of drug-likeness (QED) is 0.824. The predicted octanol–water partition coefficient (Wildman–Crippen LogP) is 2.16.